The molecule has 19 heavy (non-hydrogen) atoms. The molecule has 1 aromatic carbocycles. The normalized spacial score (nSPS) is 17.9. The minimum Gasteiger partial charge on any atom is -0.341 e. The summed E-state index contributed by atoms with van der Waals surface area (Å²) >= 11 is 0. The second-order valence-corrected chi connectivity index (χ2v) is 5.23. The zero-order valence-corrected chi connectivity index (χ0v) is 12.0. The van der Waals surface area contributed by atoms with Gasteiger partial charge >= 0.3 is 0 Å². The second-order valence-electron chi connectivity index (χ2n) is 5.23. The van der Waals surface area contributed by atoms with Gasteiger partial charge < -0.3 is 10.2 Å². The molecule has 0 saturated carbocycles. The van der Waals surface area contributed by atoms with Crippen molar-refractivity contribution in [2.75, 3.05) is 13.1 Å². The van der Waals surface area contributed by atoms with E-state index >= 15 is 0 Å². The van der Waals surface area contributed by atoms with Gasteiger partial charge in [0.15, 0.2) is 0 Å². The molecule has 2 rings (SSSR count). The van der Waals surface area contributed by atoms with Crippen molar-refractivity contribution in [3.8, 4) is 0 Å². The smallest absolute Gasteiger partial charge is 0.240 e. The Hall–Kier alpha value is -1.35. The minimum absolute atomic E-state index is 0.0481. The first-order chi connectivity index (χ1) is 9.26. The first-order valence-electron chi connectivity index (χ1n) is 7.35. The summed E-state index contributed by atoms with van der Waals surface area (Å²) in [6.45, 7) is 6.79. The molecule has 1 aliphatic heterocycles. The highest BCUT2D eigenvalue weighted by Gasteiger charge is 2.27. The highest BCUT2D eigenvalue weighted by atomic mass is 16.2. The number of carbonyl (C=O) groups excluding carboxylic acids is 1. The van der Waals surface area contributed by atoms with Crippen molar-refractivity contribution in [3.05, 3.63) is 35.4 Å². The average molecular weight is 260 g/mol. The summed E-state index contributed by atoms with van der Waals surface area (Å²) in [5.74, 6) is 0.262. The fraction of sp³-hybridized carbons (Fsp3) is 0.562. The monoisotopic (exact) mass is 260 g/mol. The van der Waals surface area contributed by atoms with Crippen molar-refractivity contribution in [1.29, 1.82) is 0 Å². The van der Waals surface area contributed by atoms with Crippen LogP contribution in [0.5, 0.6) is 0 Å². The third-order valence-electron chi connectivity index (χ3n) is 3.68. The van der Waals surface area contributed by atoms with Crippen LogP contribution < -0.4 is 5.32 Å². The van der Waals surface area contributed by atoms with Crippen LogP contribution in [0, 0.1) is 0 Å². The molecule has 0 aliphatic carbocycles. The van der Waals surface area contributed by atoms with Crippen LogP contribution in [0.3, 0.4) is 0 Å². The summed E-state index contributed by atoms with van der Waals surface area (Å²) in [6.07, 6.45) is 2.86. The quantitative estimate of drug-likeness (QED) is 0.881. The standard InChI is InChI=1S/C16H24N2O/c1-3-9-18(10-4-2)16(19)15-11-13-7-5-6-8-14(13)12-17-15/h5-8,15,17H,3-4,9-12H2,1-2H3/t15-/m1/s1. The molecule has 0 bridgehead atoms. The number of amides is 1. The number of fused-ring (bicyclic) bond motifs is 1. The molecule has 1 atom stereocenters. The summed E-state index contributed by atoms with van der Waals surface area (Å²) in [6, 6.07) is 8.34. The zero-order valence-electron chi connectivity index (χ0n) is 12.0. The van der Waals surface area contributed by atoms with Gasteiger partial charge in [-0.1, -0.05) is 38.1 Å². The van der Waals surface area contributed by atoms with Crippen LogP contribution in [-0.4, -0.2) is 29.9 Å². The molecule has 0 radical (unpaired) electrons. The molecule has 0 fully saturated rings. The van der Waals surface area contributed by atoms with Crippen LogP contribution in [0.2, 0.25) is 0 Å². The van der Waals surface area contributed by atoms with Crippen LogP contribution in [0.15, 0.2) is 24.3 Å². The maximum atomic E-state index is 12.6. The average Bonchev–Trinajstić information content (AvgIpc) is 2.46. The minimum atomic E-state index is -0.0481. The molecule has 1 amide bonds. The van der Waals surface area contributed by atoms with Gasteiger partial charge in [-0.25, -0.2) is 0 Å². The molecule has 0 spiro atoms. The van der Waals surface area contributed by atoms with E-state index in [1.165, 1.54) is 11.1 Å². The van der Waals surface area contributed by atoms with Crippen LogP contribution in [0.4, 0.5) is 0 Å². The Morgan fingerprint density at radius 1 is 1.21 bits per heavy atom. The molecular weight excluding hydrogens is 236 g/mol. The summed E-state index contributed by atoms with van der Waals surface area (Å²) < 4.78 is 0. The van der Waals surface area contributed by atoms with Crippen molar-refractivity contribution in [1.82, 2.24) is 10.2 Å². The van der Waals surface area contributed by atoms with Gasteiger partial charge in [-0.2, -0.15) is 0 Å². The number of carbonyl (C=O) groups is 1. The van der Waals surface area contributed by atoms with Gasteiger partial charge in [0, 0.05) is 19.6 Å². The van der Waals surface area contributed by atoms with E-state index in [1.807, 2.05) is 4.90 Å². The van der Waals surface area contributed by atoms with Crippen LogP contribution in [-0.2, 0) is 17.8 Å². The first kappa shape index (κ1) is 14.1. The lowest BCUT2D eigenvalue weighted by Crippen LogP contribution is -2.49. The van der Waals surface area contributed by atoms with Crippen molar-refractivity contribution >= 4 is 5.91 Å². The molecule has 1 heterocycles. The maximum Gasteiger partial charge on any atom is 0.240 e. The summed E-state index contributed by atoms with van der Waals surface area (Å²) in [5.41, 5.74) is 2.64. The summed E-state index contributed by atoms with van der Waals surface area (Å²) in [5, 5.41) is 3.38. The molecule has 1 aliphatic rings. The van der Waals surface area contributed by atoms with Gasteiger partial charge in [0.2, 0.25) is 5.91 Å². The Morgan fingerprint density at radius 2 is 1.84 bits per heavy atom. The lowest BCUT2D eigenvalue weighted by atomic mass is 9.95. The van der Waals surface area contributed by atoms with Crippen molar-refractivity contribution in [2.24, 2.45) is 0 Å². The van der Waals surface area contributed by atoms with Gasteiger partial charge in [0.25, 0.3) is 0 Å². The Bertz CT molecular complexity index is 425. The molecule has 1 aromatic rings. The molecule has 3 heteroatoms. The van der Waals surface area contributed by atoms with E-state index < -0.39 is 0 Å². The highest BCUT2D eigenvalue weighted by Crippen LogP contribution is 2.17. The van der Waals surface area contributed by atoms with E-state index in [2.05, 4.69) is 43.4 Å². The topological polar surface area (TPSA) is 32.3 Å². The van der Waals surface area contributed by atoms with E-state index in [4.69, 9.17) is 0 Å². The fourth-order valence-electron chi connectivity index (χ4n) is 2.72. The van der Waals surface area contributed by atoms with Gasteiger partial charge in [-0.3, -0.25) is 4.79 Å². The number of rotatable bonds is 5. The number of nitrogens with zero attached hydrogens (tertiary/aromatic N) is 1. The van der Waals surface area contributed by atoms with E-state index in [1.54, 1.807) is 0 Å². The predicted molar refractivity (Wildman–Crippen MR) is 77.9 cm³/mol. The number of hydrogen-bond donors (Lipinski definition) is 1. The summed E-state index contributed by atoms with van der Waals surface area (Å²) in [7, 11) is 0. The zero-order chi connectivity index (χ0) is 13.7. The largest absolute Gasteiger partial charge is 0.341 e. The number of benzene rings is 1. The van der Waals surface area contributed by atoms with Crippen LogP contribution >= 0.6 is 0 Å². The van der Waals surface area contributed by atoms with Crippen LogP contribution in [0.1, 0.15) is 37.8 Å². The Kier molecular flexibility index (Phi) is 4.97. The highest BCUT2D eigenvalue weighted by molar-refractivity contribution is 5.82. The Morgan fingerprint density at radius 3 is 2.47 bits per heavy atom. The van der Waals surface area contributed by atoms with Crippen molar-refractivity contribution in [3.63, 3.8) is 0 Å². The maximum absolute atomic E-state index is 12.6. The SMILES string of the molecule is CCCN(CCC)C(=O)[C@H]1Cc2ccccc2CN1. The lowest BCUT2D eigenvalue weighted by Gasteiger charge is -2.30. The van der Waals surface area contributed by atoms with Crippen molar-refractivity contribution in [2.45, 2.75) is 45.7 Å². The molecule has 0 aromatic heterocycles. The number of nitrogens with one attached hydrogen (secondary N) is 1. The van der Waals surface area contributed by atoms with E-state index in [9.17, 15) is 4.79 Å². The Labute approximate surface area is 116 Å². The molecule has 0 unspecified atom stereocenters. The van der Waals surface area contributed by atoms with Crippen molar-refractivity contribution < 1.29 is 4.79 Å². The van der Waals surface area contributed by atoms with E-state index in [0.717, 1.165) is 38.9 Å². The number of hydrogen-bond acceptors (Lipinski definition) is 2. The molecule has 1 N–H and O–H groups in total. The molecule has 0 saturated heterocycles. The predicted octanol–water partition coefficient (Wildman–Crippen LogP) is 2.35. The lowest BCUT2D eigenvalue weighted by molar-refractivity contribution is -0.133. The Balaban J connectivity index is 2.04. The fourth-order valence-corrected chi connectivity index (χ4v) is 2.72. The molecule has 104 valence electrons. The third kappa shape index (κ3) is 3.35. The van der Waals surface area contributed by atoms with E-state index in [0.29, 0.717) is 0 Å². The molecular formula is C16H24N2O. The first-order valence-corrected chi connectivity index (χ1v) is 7.35. The van der Waals surface area contributed by atoms with Gasteiger partial charge in [0.1, 0.15) is 0 Å². The van der Waals surface area contributed by atoms with Gasteiger partial charge in [-0.05, 0) is 30.4 Å². The van der Waals surface area contributed by atoms with Gasteiger partial charge in [0.05, 0.1) is 6.04 Å². The second kappa shape index (κ2) is 6.71. The van der Waals surface area contributed by atoms with E-state index in [-0.39, 0.29) is 11.9 Å². The van der Waals surface area contributed by atoms with Crippen LogP contribution in [0.25, 0.3) is 0 Å². The summed E-state index contributed by atoms with van der Waals surface area (Å²) in [4.78, 5) is 14.6. The molecule has 3 nitrogen and oxygen atoms in total. The van der Waals surface area contributed by atoms with Gasteiger partial charge in [-0.15, -0.1) is 0 Å². The third-order valence-corrected chi connectivity index (χ3v) is 3.68.